The van der Waals surface area contributed by atoms with E-state index in [4.69, 9.17) is 4.74 Å². The summed E-state index contributed by atoms with van der Waals surface area (Å²) >= 11 is 3.31. The second kappa shape index (κ2) is 9.08. The largest absolute Gasteiger partial charge is 0.496 e. The number of nitrogens with one attached hydrogen (secondary N) is 2. The molecule has 0 aliphatic rings. The van der Waals surface area contributed by atoms with Gasteiger partial charge < -0.3 is 15.4 Å². The molecule has 0 radical (unpaired) electrons. The van der Waals surface area contributed by atoms with E-state index in [-0.39, 0.29) is 18.4 Å². The topological polar surface area (TPSA) is 67.4 Å². The predicted molar refractivity (Wildman–Crippen MR) is 96.2 cm³/mol. The number of methoxy groups -OCH3 is 1. The average molecular weight is 391 g/mol. The summed E-state index contributed by atoms with van der Waals surface area (Å²) < 4.78 is 6.16. The third-order valence-corrected chi connectivity index (χ3v) is 3.95. The molecule has 126 valence electrons. The number of halogens is 1. The average Bonchev–Trinajstić information content (AvgIpc) is 2.60. The van der Waals surface area contributed by atoms with Crippen molar-refractivity contribution < 1.29 is 14.3 Å². The van der Waals surface area contributed by atoms with Crippen molar-refractivity contribution in [1.29, 1.82) is 0 Å². The van der Waals surface area contributed by atoms with Crippen molar-refractivity contribution in [3.05, 3.63) is 64.1 Å². The number of hydrogen-bond acceptors (Lipinski definition) is 3. The number of amides is 2. The zero-order chi connectivity index (χ0) is 17.4. The van der Waals surface area contributed by atoms with Crippen molar-refractivity contribution in [2.24, 2.45) is 0 Å². The molecular formula is C18H19BrN2O3. The van der Waals surface area contributed by atoms with Gasteiger partial charge in [0.05, 0.1) is 13.7 Å². The minimum atomic E-state index is -0.276. The van der Waals surface area contributed by atoms with Gasteiger partial charge in [-0.2, -0.15) is 0 Å². The lowest BCUT2D eigenvalue weighted by atomic mass is 10.1. The Balaban J connectivity index is 1.73. The number of benzene rings is 2. The summed E-state index contributed by atoms with van der Waals surface area (Å²) in [7, 11) is 1.62. The van der Waals surface area contributed by atoms with E-state index in [1.54, 1.807) is 31.4 Å². The number of carbonyl (C=O) groups is 2. The standard InChI is InChI=1S/C18H19BrN2O3/c1-24-16-5-3-2-4-13(16)10-11-20-17(22)12-21-18(23)14-6-8-15(19)9-7-14/h2-9H,10-12H2,1H3,(H,20,22)(H,21,23). The molecule has 5 nitrogen and oxygen atoms in total. The maximum Gasteiger partial charge on any atom is 0.251 e. The number of hydrogen-bond donors (Lipinski definition) is 2. The van der Waals surface area contributed by atoms with Crippen LogP contribution < -0.4 is 15.4 Å². The highest BCUT2D eigenvalue weighted by atomic mass is 79.9. The van der Waals surface area contributed by atoms with E-state index in [2.05, 4.69) is 26.6 Å². The van der Waals surface area contributed by atoms with Gasteiger partial charge in [-0.15, -0.1) is 0 Å². The molecule has 2 N–H and O–H groups in total. The molecule has 0 fully saturated rings. The summed E-state index contributed by atoms with van der Waals surface area (Å²) in [5.74, 6) is 0.299. The van der Waals surface area contributed by atoms with Crippen LogP contribution in [0.4, 0.5) is 0 Å². The summed E-state index contributed by atoms with van der Waals surface area (Å²) in [5, 5.41) is 5.38. The van der Waals surface area contributed by atoms with Crippen LogP contribution in [0.2, 0.25) is 0 Å². The number of ether oxygens (including phenoxy) is 1. The smallest absolute Gasteiger partial charge is 0.251 e. The van der Waals surface area contributed by atoms with Crippen molar-refractivity contribution in [2.75, 3.05) is 20.2 Å². The Labute approximate surface area is 149 Å². The molecule has 0 heterocycles. The molecule has 2 aromatic carbocycles. The van der Waals surface area contributed by atoms with Crippen LogP contribution >= 0.6 is 15.9 Å². The van der Waals surface area contributed by atoms with Gasteiger partial charge >= 0.3 is 0 Å². The summed E-state index contributed by atoms with van der Waals surface area (Å²) in [4.78, 5) is 23.7. The zero-order valence-electron chi connectivity index (χ0n) is 13.3. The van der Waals surface area contributed by atoms with Gasteiger partial charge in [-0.25, -0.2) is 0 Å². The summed E-state index contributed by atoms with van der Waals surface area (Å²) in [6.07, 6.45) is 0.663. The fourth-order valence-electron chi connectivity index (χ4n) is 2.17. The minimum absolute atomic E-state index is 0.0547. The maximum atomic E-state index is 11.9. The summed E-state index contributed by atoms with van der Waals surface area (Å²) in [6, 6.07) is 14.6. The Morgan fingerprint density at radius 1 is 1.04 bits per heavy atom. The highest BCUT2D eigenvalue weighted by Crippen LogP contribution is 2.17. The monoisotopic (exact) mass is 390 g/mol. The van der Waals surface area contributed by atoms with Gasteiger partial charge in [0.15, 0.2) is 0 Å². The van der Waals surface area contributed by atoms with E-state index >= 15 is 0 Å². The van der Waals surface area contributed by atoms with E-state index in [1.165, 1.54) is 0 Å². The molecule has 2 amide bonds. The summed E-state index contributed by atoms with van der Waals surface area (Å²) in [6.45, 7) is 0.425. The van der Waals surface area contributed by atoms with E-state index < -0.39 is 0 Å². The maximum absolute atomic E-state index is 11.9. The van der Waals surface area contributed by atoms with Crippen LogP contribution in [0.15, 0.2) is 53.0 Å². The molecule has 0 saturated carbocycles. The third-order valence-electron chi connectivity index (χ3n) is 3.42. The van der Waals surface area contributed by atoms with Crippen molar-refractivity contribution >= 4 is 27.7 Å². The fraction of sp³-hybridized carbons (Fsp3) is 0.222. The lowest BCUT2D eigenvalue weighted by Gasteiger charge is -2.09. The van der Waals surface area contributed by atoms with Crippen LogP contribution in [0.25, 0.3) is 0 Å². The lowest BCUT2D eigenvalue weighted by molar-refractivity contribution is -0.120. The van der Waals surface area contributed by atoms with Gasteiger partial charge in [0, 0.05) is 16.6 Å². The van der Waals surface area contributed by atoms with E-state index in [0.29, 0.717) is 18.5 Å². The van der Waals surface area contributed by atoms with Gasteiger partial charge in [-0.05, 0) is 42.3 Å². The first-order valence-corrected chi connectivity index (χ1v) is 8.32. The first-order chi connectivity index (χ1) is 11.6. The van der Waals surface area contributed by atoms with Crippen LogP contribution in [-0.2, 0) is 11.2 Å². The van der Waals surface area contributed by atoms with Crippen molar-refractivity contribution in [1.82, 2.24) is 10.6 Å². The van der Waals surface area contributed by atoms with Crippen LogP contribution in [0, 0.1) is 0 Å². The second-order valence-corrected chi connectivity index (χ2v) is 6.02. The van der Waals surface area contributed by atoms with E-state index in [9.17, 15) is 9.59 Å². The Morgan fingerprint density at radius 3 is 2.46 bits per heavy atom. The summed E-state index contributed by atoms with van der Waals surface area (Å²) in [5.41, 5.74) is 1.54. The molecule has 0 bridgehead atoms. The van der Waals surface area contributed by atoms with Gasteiger partial charge in [0.25, 0.3) is 5.91 Å². The number of rotatable bonds is 7. The molecule has 6 heteroatoms. The van der Waals surface area contributed by atoms with Gasteiger partial charge in [-0.3, -0.25) is 9.59 Å². The highest BCUT2D eigenvalue weighted by molar-refractivity contribution is 9.10. The van der Waals surface area contributed by atoms with E-state index in [1.807, 2.05) is 24.3 Å². The van der Waals surface area contributed by atoms with Gasteiger partial charge in [-0.1, -0.05) is 34.1 Å². The van der Waals surface area contributed by atoms with Gasteiger partial charge in [0.2, 0.25) is 5.91 Å². The molecule has 2 rings (SSSR count). The molecule has 0 saturated heterocycles. The quantitative estimate of drug-likeness (QED) is 0.763. The minimum Gasteiger partial charge on any atom is -0.496 e. The zero-order valence-corrected chi connectivity index (χ0v) is 14.9. The Morgan fingerprint density at radius 2 is 1.75 bits per heavy atom. The Hall–Kier alpha value is -2.34. The first kappa shape index (κ1) is 18.0. The van der Waals surface area contributed by atoms with Crippen molar-refractivity contribution in [3.8, 4) is 5.75 Å². The molecular weight excluding hydrogens is 372 g/mol. The van der Waals surface area contributed by atoms with Crippen LogP contribution in [0.1, 0.15) is 15.9 Å². The van der Waals surface area contributed by atoms with Crippen LogP contribution in [-0.4, -0.2) is 32.0 Å². The predicted octanol–water partition coefficient (Wildman–Crippen LogP) is 2.55. The lowest BCUT2D eigenvalue weighted by Crippen LogP contribution is -2.37. The SMILES string of the molecule is COc1ccccc1CCNC(=O)CNC(=O)c1ccc(Br)cc1. The number of carbonyl (C=O) groups excluding carboxylic acids is 2. The Bertz CT molecular complexity index is 702. The van der Waals surface area contributed by atoms with Crippen LogP contribution in [0.3, 0.4) is 0 Å². The fourth-order valence-corrected chi connectivity index (χ4v) is 2.44. The third kappa shape index (κ3) is 5.38. The molecule has 0 aliphatic heterocycles. The second-order valence-electron chi connectivity index (χ2n) is 5.10. The Kier molecular flexibility index (Phi) is 6.81. The molecule has 0 unspecified atom stereocenters. The number of para-hydroxylation sites is 1. The molecule has 0 aromatic heterocycles. The van der Waals surface area contributed by atoms with Crippen molar-refractivity contribution in [2.45, 2.75) is 6.42 Å². The first-order valence-electron chi connectivity index (χ1n) is 7.52. The van der Waals surface area contributed by atoms with Crippen molar-refractivity contribution in [3.63, 3.8) is 0 Å². The van der Waals surface area contributed by atoms with Crippen LogP contribution in [0.5, 0.6) is 5.75 Å². The highest BCUT2D eigenvalue weighted by Gasteiger charge is 2.08. The normalized spacial score (nSPS) is 10.1. The molecule has 0 spiro atoms. The van der Waals surface area contributed by atoms with E-state index in [0.717, 1.165) is 15.8 Å². The van der Waals surface area contributed by atoms with Gasteiger partial charge in [0.1, 0.15) is 5.75 Å². The molecule has 0 atom stereocenters. The molecule has 24 heavy (non-hydrogen) atoms. The molecule has 2 aromatic rings. The molecule has 0 aliphatic carbocycles.